The van der Waals surface area contributed by atoms with Gasteiger partial charge in [-0.2, -0.15) is 0 Å². The van der Waals surface area contributed by atoms with Gasteiger partial charge in [0.15, 0.2) is 0 Å². The van der Waals surface area contributed by atoms with Crippen LogP contribution in [0.5, 0.6) is 0 Å². The zero-order valence-corrected chi connectivity index (χ0v) is 9.35. The Balaban J connectivity index is 2.81. The summed E-state index contributed by atoms with van der Waals surface area (Å²) in [4.78, 5) is 4.08. The molecule has 1 aromatic rings. The molecule has 70 valence electrons. The molecule has 1 heterocycles. The minimum atomic E-state index is 0.465. The second-order valence-electron chi connectivity index (χ2n) is 2.49. The molecule has 0 fully saturated rings. The molecule has 0 aliphatic carbocycles. The summed E-state index contributed by atoms with van der Waals surface area (Å²) < 4.78 is 0. The fourth-order valence-corrected chi connectivity index (χ4v) is 1.27. The van der Waals surface area contributed by atoms with E-state index in [0.717, 1.165) is 17.4 Å². The molecule has 1 rings (SSSR count). The molecule has 4 heteroatoms. The van der Waals surface area contributed by atoms with Crippen molar-refractivity contribution in [2.75, 3.05) is 11.1 Å². The third kappa shape index (κ3) is 3.36. The van der Waals surface area contributed by atoms with Crippen LogP contribution in [0.3, 0.4) is 0 Å². The van der Waals surface area contributed by atoms with E-state index in [-0.39, 0.29) is 0 Å². The van der Waals surface area contributed by atoms with Crippen LogP contribution >= 0.6 is 27.5 Å². The first-order chi connectivity index (χ1) is 6.24. The van der Waals surface area contributed by atoms with Crippen LogP contribution in [-0.4, -0.2) is 10.3 Å². The third-order valence-electron chi connectivity index (χ3n) is 1.47. The van der Waals surface area contributed by atoms with Crippen molar-refractivity contribution in [3.05, 3.63) is 29.1 Å². The molecular formula is C9H10BrClN2. The second-order valence-corrected chi connectivity index (χ2v) is 3.67. The summed E-state index contributed by atoms with van der Waals surface area (Å²) in [5, 5.41) is 1.40. The zero-order valence-electron chi connectivity index (χ0n) is 7.00. The lowest BCUT2D eigenvalue weighted by molar-refractivity contribution is 1.25. The van der Waals surface area contributed by atoms with E-state index in [0.29, 0.717) is 10.8 Å². The van der Waals surface area contributed by atoms with Gasteiger partial charge in [-0.05, 0) is 24.6 Å². The predicted molar refractivity (Wildman–Crippen MR) is 61.1 cm³/mol. The van der Waals surface area contributed by atoms with Gasteiger partial charge < -0.3 is 5.73 Å². The third-order valence-corrected chi connectivity index (χ3v) is 2.14. The Morgan fingerprint density at radius 2 is 2.31 bits per heavy atom. The van der Waals surface area contributed by atoms with E-state index >= 15 is 0 Å². The number of nitrogens with zero attached hydrogens (tertiary/aromatic N) is 1. The predicted octanol–water partition coefficient (Wildman–Crippen LogP) is 3.12. The Bertz CT molecular complexity index is 312. The first-order valence-corrected chi connectivity index (χ1v) is 5.38. The lowest BCUT2D eigenvalue weighted by Crippen LogP contribution is -1.92. The van der Waals surface area contributed by atoms with Crippen LogP contribution in [0.2, 0.25) is 5.15 Å². The van der Waals surface area contributed by atoms with Crippen LogP contribution in [0.4, 0.5) is 5.69 Å². The summed E-state index contributed by atoms with van der Waals surface area (Å²) in [7, 11) is 0. The number of allylic oxidation sites excluding steroid dienone is 1. The number of halogens is 2. The van der Waals surface area contributed by atoms with E-state index in [1.165, 1.54) is 0 Å². The number of anilines is 1. The molecule has 0 spiro atoms. The van der Waals surface area contributed by atoms with Crippen molar-refractivity contribution in [3.63, 3.8) is 0 Å². The maximum absolute atomic E-state index is 5.72. The number of alkyl halides is 1. The number of hydrogen-bond acceptors (Lipinski definition) is 2. The van der Waals surface area contributed by atoms with Crippen molar-refractivity contribution in [3.8, 4) is 0 Å². The lowest BCUT2D eigenvalue weighted by atomic mass is 10.2. The van der Waals surface area contributed by atoms with Crippen LogP contribution in [-0.2, 0) is 0 Å². The smallest absolute Gasteiger partial charge is 0.129 e. The molecule has 0 amide bonds. The standard InChI is InChI=1S/C9H10BrClN2/c10-6-2-1-3-8-7(12)4-5-9(11)13-8/h1,3-5H,2,6,12H2. The van der Waals surface area contributed by atoms with E-state index in [1.54, 1.807) is 12.1 Å². The summed E-state index contributed by atoms with van der Waals surface area (Å²) in [5.74, 6) is 0. The van der Waals surface area contributed by atoms with Crippen molar-refractivity contribution in [2.24, 2.45) is 0 Å². The van der Waals surface area contributed by atoms with Crippen molar-refractivity contribution in [2.45, 2.75) is 6.42 Å². The van der Waals surface area contributed by atoms with E-state index in [4.69, 9.17) is 17.3 Å². The Morgan fingerprint density at radius 3 is 3.00 bits per heavy atom. The van der Waals surface area contributed by atoms with Gasteiger partial charge in [0, 0.05) is 5.33 Å². The first-order valence-electron chi connectivity index (χ1n) is 3.88. The van der Waals surface area contributed by atoms with Crippen LogP contribution in [0.25, 0.3) is 6.08 Å². The molecular weight excluding hydrogens is 251 g/mol. The number of rotatable bonds is 3. The average Bonchev–Trinajstić information content (AvgIpc) is 2.11. The molecule has 1 aromatic heterocycles. The van der Waals surface area contributed by atoms with Crippen LogP contribution < -0.4 is 5.73 Å². The van der Waals surface area contributed by atoms with Crippen LogP contribution in [0.15, 0.2) is 18.2 Å². The van der Waals surface area contributed by atoms with Crippen LogP contribution in [0, 0.1) is 0 Å². The molecule has 0 saturated carbocycles. The summed E-state index contributed by atoms with van der Waals surface area (Å²) in [6, 6.07) is 3.43. The highest BCUT2D eigenvalue weighted by molar-refractivity contribution is 9.09. The fourth-order valence-electron chi connectivity index (χ4n) is 0.852. The van der Waals surface area contributed by atoms with Gasteiger partial charge in [-0.15, -0.1) is 0 Å². The lowest BCUT2D eigenvalue weighted by Gasteiger charge is -1.98. The highest BCUT2D eigenvalue weighted by Gasteiger charge is 1.96. The minimum Gasteiger partial charge on any atom is -0.397 e. The normalized spacial score (nSPS) is 10.9. The molecule has 0 aliphatic rings. The highest BCUT2D eigenvalue weighted by Crippen LogP contribution is 2.14. The zero-order chi connectivity index (χ0) is 9.68. The van der Waals surface area contributed by atoms with Gasteiger partial charge in [-0.25, -0.2) is 4.98 Å². The first kappa shape index (κ1) is 10.5. The van der Waals surface area contributed by atoms with Gasteiger partial charge in [-0.1, -0.05) is 33.6 Å². The average molecular weight is 262 g/mol. The van der Waals surface area contributed by atoms with Crippen molar-refractivity contribution in [1.29, 1.82) is 0 Å². The van der Waals surface area contributed by atoms with Crippen molar-refractivity contribution >= 4 is 39.3 Å². The number of nitrogen functional groups attached to an aromatic ring is 1. The number of pyridine rings is 1. The van der Waals surface area contributed by atoms with Gasteiger partial charge in [0.05, 0.1) is 11.4 Å². The summed E-state index contributed by atoms with van der Waals surface area (Å²) >= 11 is 9.05. The summed E-state index contributed by atoms with van der Waals surface area (Å²) in [5.41, 5.74) is 7.07. The SMILES string of the molecule is Nc1ccc(Cl)nc1C=CCCBr. The largest absolute Gasteiger partial charge is 0.397 e. The molecule has 0 aliphatic heterocycles. The van der Waals surface area contributed by atoms with Gasteiger partial charge in [0.2, 0.25) is 0 Å². The van der Waals surface area contributed by atoms with Crippen LogP contribution in [0.1, 0.15) is 12.1 Å². The molecule has 0 aromatic carbocycles. The van der Waals surface area contributed by atoms with E-state index in [9.17, 15) is 0 Å². The van der Waals surface area contributed by atoms with E-state index in [1.807, 2.05) is 12.2 Å². The second kappa shape index (κ2) is 5.25. The van der Waals surface area contributed by atoms with Gasteiger partial charge in [0.25, 0.3) is 0 Å². The number of hydrogen-bond donors (Lipinski definition) is 1. The quantitative estimate of drug-likeness (QED) is 0.671. The maximum Gasteiger partial charge on any atom is 0.129 e. The minimum absolute atomic E-state index is 0.465. The van der Waals surface area contributed by atoms with Gasteiger partial charge in [0.1, 0.15) is 5.15 Å². The fraction of sp³-hybridized carbons (Fsp3) is 0.222. The van der Waals surface area contributed by atoms with Gasteiger partial charge >= 0.3 is 0 Å². The Hall–Kier alpha value is -0.540. The molecule has 0 unspecified atom stereocenters. The number of aromatic nitrogens is 1. The molecule has 0 atom stereocenters. The van der Waals surface area contributed by atoms with Crippen molar-refractivity contribution in [1.82, 2.24) is 4.98 Å². The molecule has 2 N–H and O–H groups in total. The topological polar surface area (TPSA) is 38.9 Å². The molecule has 13 heavy (non-hydrogen) atoms. The Labute approximate surface area is 90.9 Å². The monoisotopic (exact) mass is 260 g/mol. The van der Waals surface area contributed by atoms with E-state index in [2.05, 4.69) is 20.9 Å². The van der Waals surface area contributed by atoms with E-state index < -0.39 is 0 Å². The van der Waals surface area contributed by atoms with Gasteiger partial charge in [-0.3, -0.25) is 0 Å². The summed E-state index contributed by atoms with van der Waals surface area (Å²) in [6.07, 6.45) is 4.83. The molecule has 0 saturated heterocycles. The molecule has 0 bridgehead atoms. The summed E-state index contributed by atoms with van der Waals surface area (Å²) in [6.45, 7) is 0. The molecule has 2 nitrogen and oxygen atoms in total. The Kier molecular flexibility index (Phi) is 4.25. The van der Waals surface area contributed by atoms with Crippen molar-refractivity contribution < 1.29 is 0 Å². The number of nitrogens with two attached hydrogens (primary N) is 1. The maximum atomic E-state index is 5.72. The Morgan fingerprint density at radius 1 is 1.54 bits per heavy atom. The highest BCUT2D eigenvalue weighted by atomic mass is 79.9. The molecule has 0 radical (unpaired) electrons.